The van der Waals surface area contributed by atoms with E-state index in [0.717, 1.165) is 12.8 Å². The highest BCUT2D eigenvalue weighted by Gasteiger charge is 2.06. The predicted molar refractivity (Wildman–Crippen MR) is 59.6 cm³/mol. The Kier molecular flexibility index (Phi) is 4.66. The van der Waals surface area contributed by atoms with Gasteiger partial charge < -0.3 is 11.1 Å². The Labute approximate surface area is 89.6 Å². The number of nitrogens with zero attached hydrogens (tertiary/aromatic N) is 2. The molecule has 0 atom stereocenters. The molecule has 0 aromatic carbocycles. The van der Waals surface area contributed by atoms with Gasteiger partial charge in [0.25, 0.3) is 0 Å². The van der Waals surface area contributed by atoms with Gasteiger partial charge in [0.1, 0.15) is 5.82 Å². The average molecular weight is 210 g/mol. The average Bonchev–Trinajstić information content (AvgIpc) is 2.64. The van der Waals surface area contributed by atoms with Gasteiger partial charge >= 0.3 is 6.03 Å². The lowest BCUT2D eigenvalue weighted by molar-refractivity contribution is 0.240. The molecule has 15 heavy (non-hydrogen) atoms. The number of nitrogens with one attached hydrogen (secondary N) is 1. The zero-order valence-corrected chi connectivity index (χ0v) is 9.07. The Morgan fingerprint density at radius 1 is 1.53 bits per heavy atom. The summed E-state index contributed by atoms with van der Waals surface area (Å²) in [6, 6.07) is 1.34. The second kappa shape index (κ2) is 6.06. The number of rotatable bonds is 5. The van der Waals surface area contributed by atoms with Crippen LogP contribution in [0.4, 0.5) is 10.6 Å². The summed E-state index contributed by atoms with van der Waals surface area (Å²) < 4.78 is 1.17. The van der Waals surface area contributed by atoms with Gasteiger partial charge in [-0.05, 0) is 6.42 Å². The summed E-state index contributed by atoms with van der Waals surface area (Å²) in [6.45, 7) is 2.83. The molecule has 0 bridgehead atoms. The van der Waals surface area contributed by atoms with Crippen molar-refractivity contribution in [3.63, 3.8) is 0 Å². The van der Waals surface area contributed by atoms with E-state index >= 15 is 0 Å². The Bertz CT molecular complexity index is 308. The Morgan fingerprint density at radius 2 is 2.33 bits per heavy atom. The molecule has 0 saturated carbocycles. The number of unbranched alkanes of at least 4 members (excludes halogenated alkanes) is 3. The van der Waals surface area contributed by atoms with Gasteiger partial charge in [0, 0.05) is 12.6 Å². The summed E-state index contributed by atoms with van der Waals surface area (Å²) in [5, 5.41) is 6.58. The van der Waals surface area contributed by atoms with Gasteiger partial charge in [0.05, 0.1) is 6.20 Å². The van der Waals surface area contributed by atoms with E-state index in [1.54, 1.807) is 6.07 Å². The van der Waals surface area contributed by atoms with Gasteiger partial charge in [-0.2, -0.15) is 9.78 Å². The van der Waals surface area contributed by atoms with Crippen LogP contribution in [0.1, 0.15) is 32.6 Å². The molecule has 0 unspecified atom stereocenters. The molecule has 0 aliphatic heterocycles. The van der Waals surface area contributed by atoms with Crippen molar-refractivity contribution in [2.45, 2.75) is 32.6 Å². The van der Waals surface area contributed by atoms with E-state index in [1.807, 2.05) is 0 Å². The van der Waals surface area contributed by atoms with Crippen molar-refractivity contribution in [1.82, 2.24) is 15.1 Å². The van der Waals surface area contributed by atoms with Crippen molar-refractivity contribution in [2.24, 2.45) is 0 Å². The van der Waals surface area contributed by atoms with Gasteiger partial charge in [-0.25, -0.2) is 4.79 Å². The van der Waals surface area contributed by atoms with Crippen LogP contribution < -0.4 is 11.1 Å². The van der Waals surface area contributed by atoms with Crippen LogP contribution in [-0.2, 0) is 0 Å². The Morgan fingerprint density at radius 3 is 2.93 bits per heavy atom. The minimum Gasteiger partial charge on any atom is -0.383 e. The summed E-state index contributed by atoms with van der Waals surface area (Å²) in [4.78, 5) is 11.5. The molecule has 3 N–H and O–H groups in total. The molecule has 0 aliphatic carbocycles. The molecule has 1 amide bonds. The van der Waals surface area contributed by atoms with Crippen molar-refractivity contribution in [3.05, 3.63) is 12.3 Å². The van der Waals surface area contributed by atoms with Crippen LogP contribution in [0.15, 0.2) is 12.3 Å². The third-order valence-corrected chi connectivity index (χ3v) is 2.17. The molecule has 1 rings (SSSR count). The largest absolute Gasteiger partial charge is 0.383 e. The normalized spacial score (nSPS) is 10.2. The lowest BCUT2D eigenvalue weighted by atomic mass is 10.2. The van der Waals surface area contributed by atoms with Crippen LogP contribution in [0.2, 0.25) is 0 Å². The number of carbonyl (C=O) groups is 1. The minimum absolute atomic E-state index is 0.256. The first kappa shape index (κ1) is 11.6. The van der Waals surface area contributed by atoms with E-state index in [2.05, 4.69) is 17.3 Å². The summed E-state index contributed by atoms with van der Waals surface area (Å²) in [5.74, 6) is 0.362. The molecule has 1 heterocycles. The summed E-state index contributed by atoms with van der Waals surface area (Å²) in [5.41, 5.74) is 5.53. The number of amides is 1. The number of carbonyl (C=O) groups excluding carboxylic acids is 1. The molecule has 0 aliphatic rings. The molecule has 0 fully saturated rings. The SMILES string of the molecule is CCCCCCNC(=O)n1nccc1N. The summed E-state index contributed by atoms with van der Waals surface area (Å²) in [7, 11) is 0. The third-order valence-electron chi connectivity index (χ3n) is 2.17. The van der Waals surface area contributed by atoms with Gasteiger partial charge in [-0.3, -0.25) is 0 Å². The van der Waals surface area contributed by atoms with Crippen molar-refractivity contribution in [3.8, 4) is 0 Å². The first-order valence-corrected chi connectivity index (χ1v) is 5.33. The third kappa shape index (κ3) is 3.61. The molecule has 1 aromatic rings. The predicted octanol–water partition coefficient (Wildman–Crippen LogP) is 1.60. The molecule has 5 heteroatoms. The fourth-order valence-electron chi connectivity index (χ4n) is 1.31. The number of anilines is 1. The molecular formula is C10H18N4O. The maximum atomic E-state index is 11.5. The van der Waals surface area contributed by atoms with Crippen LogP contribution in [0.5, 0.6) is 0 Å². The molecule has 5 nitrogen and oxygen atoms in total. The van der Waals surface area contributed by atoms with Gasteiger partial charge in [0.2, 0.25) is 0 Å². The van der Waals surface area contributed by atoms with E-state index < -0.39 is 0 Å². The minimum atomic E-state index is -0.256. The molecular weight excluding hydrogens is 192 g/mol. The van der Waals surface area contributed by atoms with Crippen LogP contribution in [-0.4, -0.2) is 22.4 Å². The quantitative estimate of drug-likeness (QED) is 0.725. The second-order valence-electron chi connectivity index (χ2n) is 3.46. The topological polar surface area (TPSA) is 72.9 Å². The zero-order valence-electron chi connectivity index (χ0n) is 9.07. The first-order chi connectivity index (χ1) is 7.25. The summed E-state index contributed by atoms with van der Waals surface area (Å²) in [6.07, 6.45) is 6.05. The lowest BCUT2D eigenvalue weighted by Crippen LogP contribution is -2.30. The molecule has 0 saturated heterocycles. The van der Waals surface area contributed by atoms with Crippen LogP contribution in [0.3, 0.4) is 0 Å². The maximum Gasteiger partial charge on any atom is 0.343 e. The highest BCUT2D eigenvalue weighted by molar-refractivity contribution is 5.78. The molecule has 84 valence electrons. The van der Waals surface area contributed by atoms with E-state index in [9.17, 15) is 4.79 Å². The Balaban J connectivity index is 2.22. The Hall–Kier alpha value is -1.52. The molecule has 0 spiro atoms. The number of aromatic nitrogens is 2. The van der Waals surface area contributed by atoms with Gasteiger partial charge in [-0.1, -0.05) is 26.2 Å². The van der Waals surface area contributed by atoms with Gasteiger partial charge in [0.15, 0.2) is 0 Å². The van der Waals surface area contributed by atoms with E-state index in [1.165, 1.54) is 23.7 Å². The standard InChI is InChI=1S/C10H18N4O/c1-2-3-4-5-7-12-10(15)14-9(11)6-8-13-14/h6,8H,2-5,7,11H2,1H3,(H,12,15). The van der Waals surface area contributed by atoms with Crippen LogP contribution in [0.25, 0.3) is 0 Å². The zero-order chi connectivity index (χ0) is 11.1. The van der Waals surface area contributed by atoms with Crippen molar-refractivity contribution in [1.29, 1.82) is 0 Å². The lowest BCUT2D eigenvalue weighted by Gasteiger charge is -2.05. The number of hydrogen-bond donors (Lipinski definition) is 2. The highest BCUT2D eigenvalue weighted by Crippen LogP contribution is 1.99. The maximum absolute atomic E-state index is 11.5. The van der Waals surface area contributed by atoms with E-state index in [0.29, 0.717) is 12.4 Å². The molecule has 1 aromatic heterocycles. The number of nitrogens with two attached hydrogens (primary N) is 1. The second-order valence-corrected chi connectivity index (χ2v) is 3.46. The van der Waals surface area contributed by atoms with Crippen molar-refractivity contribution >= 4 is 11.8 Å². The molecule has 0 radical (unpaired) electrons. The van der Waals surface area contributed by atoms with Crippen LogP contribution in [0, 0.1) is 0 Å². The van der Waals surface area contributed by atoms with Crippen LogP contribution >= 0.6 is 0 Å². The fraction of sp³-hybridized carbons (Fsp3) is 0.600. The van der Waals surface area contributed by atoms with E-state index in [4.69, 9.17) is 5.73 Å². The fourth-order valence-corrected chi connectivity index (χ4v) is 1.31. The van der Waals surface area contributed by atoms with Gasteiger partial charge in [-0.15, -0.1) is 0 Å². The monoisotopic (exact) mass is 210 g/mol. The van der Waals surface area contributed by atoms with Crippen molar-refractivity contribution < 1.29 is 4.79 Å². The number of nitrogen functional groups attached to an aromatic ring is 1. The summed E-state index contributed by atoms with van der Waals surface area (Å²) >= 11 is 0. The van der Waals surface area contributed by atoms with Crippen molar-refractivity contribution in [2.75, 3.05) is 12.3 Å². The number of hydrogen-bond acceptors (Lipinski definition) is 3. The van der Waals surface area contributed by atoms with E-state index in [-0.39, 0.29) is 6.03 Å². The smallest absolute Gasteiger partial charge is 0.343 e. The first-order valence-electron chi connectivity index (χ1n) is 5.33. The highest BCUT2D eigenvalue weighted by atomic mass is 16.2.